The van der Waals surface area contributed by atoms with Gasteiger partial charge in [-0.1, -0.05) is 26.8 Å². The van der Waals surface area contributed by atoms with Crippen molar-refractivity contribution in [2.24, 2.45) is 5.92 Å². The highest BCUT2D eigenvalue weighted by atomic mass is 16.2. The van der Waals surface area contributed by atoms with Crippen molar-refractivity contribution in [3.63, 3.8) is 0 Å². The Kier molecular flexibility index (Phi) is 7.02. The van der Waals surface area contributed by atoms with Crippen LogP contribution in [-0.2, 0) is 9.59 Å². The lowest BCUT2D eigenvalue weighted by molar-refractivity contribution is -0.127. The molecule has 98 valence electrons. The highest BCUT2D eigenvalue weighted by Gasteiger charge is 2.23. The molecule has 0 aliphatic carbocycles. The van der Waals surface area contributed by atoms with Gasteiger partial charge in [-0.15, -0.1) is 0 Å². The van der Waals surface area contributed by atoms with Gasteiger partial charge >= 0.3 is 0 Å². The van der Waals surface area contributed by atoms with Crippen molar-refractivity contribution < 1.29 is 9.59 Å². The van der Waals surface area contributed by atoms with Gasteiger partial charge in [-0.25, -0.2) is 0 Å². The Labute approximate surface area is 103 Å². The van der Waals surface area contributed by atoms with E-state index >= 15 is 0 Å². The molecule has 5 nitrogen and oxygen atoms in total. The van der Waals surface area contributed by atoms with E-state index in [1.54, 1.807) is 6.92 Å². The fourth-order valence-corrected chi connectivity index (χ4v) is 1.33. The first-order valence-corrected chi connectivity index (χ1v) is 5.82. The number of rotatable bonds is 7. The second-order valence-corrected chi connectivity index (χ2v) is 4.18. The predicted molar refractivity (Wildman–Crippen MR) is 68.3 cm³/mol. The van der Waals surface area contributed by atoms with Crippen molar-refractivity contribution in [3.8, 4) is 0 Å². The van der Waals surface area contributed by atoms with E-state index in [1.165, 1.54) is 7.05 Å². The molecule has 0 aromatic carbocycles. The van der Waals surface area contributed by atoms with Crippen LogP contribution in [0.15, 0.2) is 12.3 Å². The normalized spacial score (nSPS) is 13.4. The Balaban J connectivity index is 4.42. The molecule has 17 heavy (non-hydrogen) atoms. The molecule has 0 aliphatic rings. The van der Waals surface area contributed by atoms with E-state index in [4.69, 9.17) is 0 Å². The molecular formula is C12H23N3O2. The lowest BCUT2D eigenvalue weighted by Gasteiger charge is -2.24. The van der Waals surface area contributed by atoms with Crippen LogP contribution in [0.5, 0.6) is 0 Å². The molecule has 0 radical (unpaired) electrons. The molecule has 2 amide bonds. The molecule has 0 saturated heterocycles. The van der Waals surface area contributed by atoms with Crippen LogP contribution in [0, 0.1) is 5.92 Å². The van der Waals surface area contributed by atoms with Crippen LogP contribution in [0.4, 0.5) is 0 Å². The van der Waals surface area contributed by atoms with E-state index < -0.39 is 0 Å². The summed E-state index contributed by atoms with van der Waals surface area (Å²) < 4.78 is 0. The maximum Gasteiger partial charge on any atom is 0.243 e. The lowest BCUT2D eigenvalue weighted by atomic mass is 9.98. The average Bonchev–Trinajstić information content (AvgIpc) is 2.31. The maximum absolute atomic E-state index is 11.9. The van der Waals surface area contributed by atoms with Crippen molar-refractivity contribution in [3.05, 3.63) is 12.3 Å². The van der Waals surface area contributed by atoms with Crippen LogP contribution in [0.25, 0.3) is 0 Å². The minimum Gasteiger partial charge on any atom is -0.378 e. The first kappa shape index (κ1) is 15.5. The number of carbonyl (C=O) groups is 2. The van der Waals surface area contributed by atoms with Crippen LogP contribution in [-0.4, -0.2) is 31.4 Å². The zero-order valence-corrected chi connectivity index (χ0v) is 11.1. The summed E-state index contributed by atoms with van der Waals surface area (Å²) in [5.41, 5.74) is 0.741. The third-order valence-corrected chi connectivity index (χ3v) is 2.60. The Morgan fingerprint density at radius 2 is 1.94 bits per heavy atom. The molecule has 0 aromatic rings. The maximum atomic E-state index is 11.9. The predicted octanol–water partition coefficient (Wildman–Crippen LogP) is 0.387. The summed E-state index contributed by atoms with van der Waals surface area (Å²) in [5.74, 6) is -0.209. The first-order chi connectivity index (χ1) is 7.92. The number of hydrogen-bond acceptors (Lipinski definition) is 3. The van der Waals surface area contributed by atoms with E-state index in [0.29, 0.717) is 0 Å². The zero-order chi connectivity index (χ0) is 13.4. The van der Waals surface area contributed by atoms with Crippen molar-refractivity contribution in [1.82, 2.24) is 16.0 Å². The summed E-state index contributed by atoms with van der Waals surface area (Å²) in [6.45, 7) is 9.55. The van der Waals surface area contributed by atoms with E-state index in [2.05, 4.69) is 22.5 Å². The molecule has 3 N–H and O–H groups in total. The van der Waals surface area contributed by atoms with E-state index in [-0.39, 0.29) is 30.3 Å². The third kappa shape index (κ3) is 5.94. The summed E-state index contributed by atoms with van der Waals surface area (Å²) in [5, 5.41) is 8.08. The number of amides is 2. The molecule has 1 unspecified atom stereocenters. The number of allylic oxidation sites excluding steroid dienone is 1. The topological polar surface area (TPSA) is 70.2 Å². The van der Waals surface area contributed by atoms with Crippen LogP contribution in [0.1, 0.15) is 27.2 Å². The third-order valence-electron chi connectivity index (χ3n) is 2.60. The minimum atomic E-state index is -0.345. The largest absolute Gasteiger partial charge is 0.378 e. The SMILES string of the molecule is C=C(C)NC(C(=O)NCC(=O)NC)[C@@H](C)CC. The Morgan fingerprint density at radius 1 is 1.35 bits per heavy atom. The van der Waals surface area contributed by atoms with Crippen LogP contribution < -0.4 is 16.0 Å². The van der Waals surface area contributed by atoms with Gasteiger partial charge in [0.05, 0.1) is 6.54 Å². The van der Waals surface area contributed by atoms with E-state index in [1.807, 2.05) is 13.8 Å². The second-order valence-electron chi connectivity index (χ2n) is 4.18. The van der Waals surface area contributed by atoms with Gasteiger partial charge in [0.25, 0.3) is 0 Å². The summed E-state index contributed by atoms with van der Waals surface area (Å²) in [6.07, 6.45) is 0.873. The highest BCUT2D eigenvalue weighted by molar-refractivity contribution is 5.87. The zero-order valence-electron chi connectivity index (χ0n) is 11.1. The van der Waals surface area contributed by atoms with Gasteiger partial charge in [0.2, 0.25) is 11.8 Å². The smallest absolute Gasteiger partial charge is 0.243 e. The van der Waals surface area contributed by atoms with Crippen molar-refractivity contribution in [2.75, 3.05) is 13.6 Å². The summed E-state index contributed by atoms with van der Waals surface area (Å²) in [6, 6.07) is -0.345. The molecule has 0 spiro atoms. The van der Waals surface area contributed by atoms with Gasteiger partial charge in [-0.05, 0) is 12.8 Å². The Morgan fingerprint density at radius 3 is 2.35 bits per heavy atom. The van der Waals surface area contributed by atoms with Gasteiger partial charge in [0.1, 0.15) is 6.04 Å². The Hall–Kier alpha value is -1.52. The summed E-state index contributed by atoms with van der Waals surface area (Å²) in [7, 11) is 1.53. The Bertz CT molecular complexity index is 289. The number of hydrogen-bond donors (Lipinski definition) is 3. The number of likely N-dealkylation sites (N-methyl/N-ethyl adjacent to an activating group) is 1. The average molecular weight is 241 g/mol. The minimum absolute atomic E-state index is 0.000137. The van der Waals surface area contributed by atoms with Crippen molar-refractivity contribution in [1.29, 1.82) is 0 Å². The molecular weight excluding hydrogens is 218 g/mol. The van der Waals surface area contributed by atoms with Gasteiger partial charge in [-0.3, -0.25) is 9.59 Å². The van der Waals surface area contributed by atoms with E-state index in [0.717, 1.165) is 12.1 Å². The fourth-order valence-electron chi connectivity index (χ4n) is 1.33. The highest BCUT2D eigenvalue weighted by Crippen LogP contribution is 2.09. The molecule has 0 saturated carbocycles. The standard InChI is InChI=1S/C12H23N3O2/c1-6-9(4)11(15-8(2)3)12(17)14-7-10(16)13-5/h9,11,15H,2,6-7H2,1,3-5H3,(H,13,16)(H,14,17)/t9-,11?/m0/s1. The van der Waals surface area contributed by atoms with Gasteiger partial charge in [0, 0.05) is 12.7 Å². The molecule has 5 heteroatoms. The summed E-state index contributed by atoms with van der Waals surface area (Å²) >= 11 is 0. The van der Waals surface area contributed by atoms with E-state index in [9.17, 15) is 9.59 Å². The van der Waals surface area contributed by atoms with Crippen molar-refractivity contribution >= 4 is 11.8 Å². The summed E-state index contributed by atoms with van der Waals surface area (Å²) in [4.78, 5) is 22.9. The second kappa shape index (κ2) is 7.70. The molecule has 2 atom stereocenters. The molecule has 0 heterocycles. The lowest BCUT2D eigenvalue weighted by Crippen LogP contribution is -2.49. The quantitative estimate of drug-likeness (QED) is 0.604. The molecule has 0 fully saturated rings. The molecule has 0 aromatic heterocycles. The number of carbonyl (C=O) groups excluding carboxylic acids is 2. The van der Waals surface area contributed by atoms with Crippen LogP contribution >= 0.6 is 0 Å². The molecule has 0 aliphatic heterocycles. The van der Waals surface area contributed by atoms with Crippen LogP contribution in [0.3, 0.4) is 0 Å². The monoisotopic (exact) mass is 241 g/mol. The first-order valence-electron chi connectivity index (χ1n) is 5.82. The fraction of sp³-hybridized carbons (Fsp3) is 0.667. The van der Waals surface area contributed by atoms with Gasteiger partial charge < -0.3 is 16.0 Å². The molecule has 0 rings (SSSR count). The van der Waals surface area contributed by atoms with Gasteiger partial charge in [0.15, 0.2) is 0 Å². The van der Waals surface area contributed by atoms with Crippen LogP contribution in [0.2, 0.25) is 0 Å². The molecule has 0 bridgehead atoms. The van der Waals surface area contributed by atoms with Crippen molar-refractivity contribution in [2.45, 2.75) is 33.2 Å². The number of nitrogens with one attached hydrogen (secondary N) is 3. The van der Waals surface area contributed by atoms with Gasteiger partial charge in [-0.2, -0.15) is 0 Å².